The van der Waals surface area contributed by atoms with E-state index in [2.05, 4.69) is 0 Å². The van der Waals surface area contributed by atoms with Crippen LogP contribution in [-0.4, -0.2) is 23.9 Å². The summed E-state index contributed by atoms with van der Waals surface area (Å²) in [5.74, 6) is 0.394. The first-order valence-electron chi connectivity index (χ1n) is 2.95. The molecule has 0 aromatic carbocycles. The minimum absolute atomic E-state index is 0.0417. The van der Waals surface area contributed by atoms with Gasteiger partial charge in [0, 0.05) is 6.04 Å². The molecule has 0 radical (unpaired) electrons. The lowest BCUT2D eigenvalue weighted by molar-refractivity contribution is -0.191. The van der Waals surface area contributed by atoms with Gasteiger partial charge >= 0.3 is 6.15 Å². The Morgan fingerprint density at radius 2 is 1.80 bits per heavy atom. The van der Waals surface area contributed by atoms with E-state index in [0.717, 1.165) is 0 Å². The Bertz CT molecular complexity index is 97.2. The summed E-state index contributed by atoms with van der Waals surface area (Å²) in [5.41, 5.74) is 5.37. The van der Waals surface area contributed by atoms with Crippen LogP contribution < -0.4 is 5.73 Å². The van der Waals surface area contributed by atoms with Crippen LogP contribution in [0.3, 0.4) is 0 Å². The molecule has 0 heterocycles. The van der Waals surface area contributed by atoms with E-state index in [1.165, 1.54) is 0 Å². The Kier molecular flexibility index (Phi) is 9.98. The van der Waals surface area contributed by atoms with Crippen molar-refractivity contribution in [2.24, 2.45) is 11.7 Å². The zero-order valence-corrected chi connectivity index (χ0v) is 6.20. The molecule has 0 spiro atoms. The molecule has 0 aliphatic carbocycles. The van der Waals surface area contributed by atoms with Gasteiger partial charge in [0.05, 0.1) is 6.61 Å². The monoisotopic (exact) mass is 147 g/mol. The van der Waals surface area contributed by atoms with Gasteiger partial charge in [0.25, 0.3) is 0 Å². The maximum absolute atomic E-state index is 8.38. The average molecular weight is 147 g/mol. The van der Waals surface area contributed by atoms with Crippen molar-refractivity contribution in [3.8, 4) is 0 Å². The van der Waals surface area contributed by atoms with Crippen LogP contribution in [0.5, 0.6) is 0 Å². The summed E-state index contributed by atoms with van der Waals surface area (Å²) in [5, 5.41) is 8.38. The van der Waals surface area contributed by atoms with Crippen molar-refractivity contribution >= 4 is 6.15 Å². The van der Waals surface area contributed by atoms with Crippen LogP contribution in [0.25, 0.3) is 0 Å². The summed E-state index contributed by atoms with van der Waals surface area (Å²) in [6, 6.07) is -0.0417. The van der Waals surface area contributed by atoms with Crippen LogP contribution in [0.15, 0.2) is 0 Å². The Labute approximate surface area is 60.0 Å². The third-order valence-corrected chi connectivity index (χ3v) is 1.07. The van der Waals surface area contributed by atoms with E-state index in [9.17, 15) is 0 Å². The third kappa shape index (κ3) is 10.3. The molecule has 0 saturated heterocycles. The summed E-state index contributed by atoms with van der Waals surface area (Å²) in [6.45, 7) is 4.07. The highest BCUT2D eigenvalue weighted by atomic mass is 16.3. The Morgan fingerprint density at radius 1 is 1.50 bits per heavy atom. The SMILES string of the molecule is CC(C)[C@H](N)CO.O=C=O. The molecule has 0 bridgehead atoms. The molecule has 0 saturated carbocycles. The van der Waals surface area contributed by atoms with Gasteiger partial charge in [0.15, 0.2) is 0 Å². The molecule has 0 amide bonds. The van der Waals surface area contributed by atoms with Crippen LogP contribution in [0.1, 0.15) is 13.8 Å². The predicted molar refractivity (Wildman–Crippen MR) is 34.9 cm³/mol. The highest BCUT2D eigenvalue weighted by Crippen LogP contribution is 1.94. The summed E-state index contributed by atoms with van der Waals surface area (Å²) in [4.78, 5) is 16.2. The standard InChI is InChI=1S/C5H13NO.CO2/c1-4(2)5(6)3-7;2-1-3/h4-5,7H,3,6H2,1-2H3;/t5-;/m1./s1. The Morgan fingerprint density at radius 3 is 1.80 bits per heavy atom. The van der Waals surface area contributed by atoms with E-state index < -0.39 is 0 Å². The molecule has 4 nitrogen and oxygen atoms in total. The van der Waals surface area contributed by atoms with Gasteiger partial charge in [-0.25, -0.2) is 0 Å². The predicted octanol–water partition coefficient (Wildman–Crippen LogP) is -0.622. The number of hydrogen-bond acceptors (Lipinski definition) is 4. The fraction of sp³-hybridized carbons (Fsp3) is 0.833. The quantitative estimate of drug-likeness (QED) is 0.545. The number of hydrogen-bond donors (Lipinski definition) is 2. The minimum atomic E-state index is -0.0417. The van der Waals surface area contributed by atoms with Crippen molar-refractivity contribution in [2.75, 3.05) is 6.61 Å². The Hall–Kier alpha value is -0.700. The summed E-state index contributed by atoms with van der Waals surface area (Å²) in [7, 11) is 0. The van der Waals surface area contributed by atoms with Crippen molar-refractivity contribution < 1.29 is 14.7 Å². The fourth-order valence-corrected chi connectivity index (χ4v) is 0.211. The van der Waals surface area contributed by atoms with Gasteiger partial charge in [-0.1, -0.05) is 13.8 Å². The molecule has 4 heteroatoms. The molecular weight excluding hydrogens is 134 g/mol. The van der Waals surface area contributed by atoms with Gasteiger partial charge in [0.2, 0.25) is 0 Å². The molecule has 10 heavy (non-hydrogen) atoms. The van der Waals surface area contributed by atoms with E-state index >= 15 is 0 Å². The molecule has 1 atom stereocenters. The fourth-order valence-electron chi connectivity index (χ4n) is 0.211. The van der Waals surface area contributed by atoms with Crippen LogP contribution >= 0.6 is 0 Å². The zero-order valence-electron chi connectivity index (χ0n) is 6.20. The highest BCUT2D eigenvalue weighted by Gasteiger charge is 2.02. The molecule has 0 fully saturated rings. The highest BCUT2D eigenvalue weighted by molar-refractivity contribution is 5.20. The van der Waals surface area contributed by atoms with E-state index in [1.54, 1.807) is 0 Å². The number of aliphatic hydroxyl groups is 1. The van der Waals surface area contributed by atoms with E-state index in [4.69, 9.17) is 20.4 Å². The second kappa shape index (κ2) is 8.30. The number of aliphatic hydroxyl groups excluding tert-OH is 1. The molecule has 0 aromatic rings. The number of carbonyl (C=O) groups excluding carboxylic acids is 2. The molecule has 0 aliphatic heterocycles. The lowest BCUT2D eigenvalue weighted by Gasteiger charge is -2.10. The molecule has 60 valence electrons. The second-order valence-corrected chi connectivity index (χ2v) is 2.17. The topological polar surface area (TPSA) is 80.4 Å². The third-order valence-electron chi connectivity index (χ3n) is 1.07. The molecule has 3 N–H and O–H groups in total. The summed E-state index contributed by atoms with van der Waals surface area (Å²) in [6.07, 6.45) is 0.250. The smallest absolute Gasteiger partial charge is 0.373 e. The zero-order chi connectivity index (χ0) is 8.57. The number of rotatable bonds is 2. The van der Waals surface area contributed by atoms with Crippen molar-refractivity contribution in [3.63, 3.8) is 0 Å². The van der Waals surface area contributed by atoms with Gasteiger partial charge in [0.1, 0.15) is 0 Å². The van der Waals surface area contributed by atoms with Crippen LogP contribution in [0.4, 0.5) is 0 Å². The lowest BCUT2D eigenvalue weighted by Crippen LogP contribution is -2.29. The summed E-state index contributed by atoms with van der Waals surface area (Å²) >= 11 is 0. The number of nitrogens with two attached hydrogens (primary N) is 1. The maximum atomic E-state index is 8.38. The summed E-state index contributed by atoms with van der Waals surface area (Å²) < 4.78 is 0. The molecule has 0 unspecified atom stereocenters. The van der Waals surface area contributed by atoms with E-state index in [-0.39, 0.29) is 18.8 Å². The van der Waals surface area contributed by atoms with Gasteiger partial charge in [-0.05, 0) is 5.92 Å². The first kappa shape index (κ1) is 12.0. The van der Waals surface area contributed by atoms with Crippen LogP contribution in [-0.2, 0) is 9.59 Å². The van der Waals surface area contributed by atoms with Crippen LogP contribution in [0, 0.1) is 5.92 Å². The van der Waals surface area contributed by atoms with Crippen molar-refractivity contribution in [2.45, 2.75) is 19.9 Å². The van der Waals surface area contributed by atoms with Gasteiger partial charge in [-0.3, -0.25) is 0 Å². The first-order valence-corrected chi connectivity index (χ1v) is 2.95. The minimum Gasteiger partial charge on any atom is -0.395 e. The van der Waals surface area contributed by atoms with Crippen molar-refractivity contribution in [3.05, 3.63) is 0 Å². The van der Waals surface area contributed by atoms with Crippen molar-refractivity contribution in [1.29, 1.82) is 0 Å². The average Bonchev–Trinajstić information content (AvgIpc) is 1.88. The first-order chi connectivity index (χ1) is 4.59. The van der Waals surface area contributed by atoms with E-state index in [0.29, 0.717) is 5.92 Å². The van der Waals surface area contributed by atoms with Crippen molar-refractivity contribution in [1.82, 2.24) is 0 Å². The van der Waals surface area contributed by atoms with Crippen LogP contribution in [0.2, 0.25) is 0 Å². The van der Waals surface area contributed by atoms with Gasteiger partial charge < -0.3 is 10.8 Å². The van der Waals surface area contributed by atoms with Gasteiger partial charge in [-0.2, -0.15) is 9.59 Å². The second-order valence-electron chi connectivity index (χ2n) is 2.17. The normalized spacial score (nSPS) is 11.3. The molecule has 0 aliphatic rings. The largest absolute Gasteiger partial charge is 0.395 e. The van der Waals surface area contributed by atoms with Gasteiger partial charge in [-0.15, -0.1) is 0 Å². The molecule has 0 rings (SSSR count). The maximum Gasteiger partial charge on any atom is 0.373 e. The molecular formula is C6H13NO3. The Balaban J connectivity index is 0. The molecule has 0 aromatic heterocycles. The lowest BCUT2D eigenvalue weighted by atomic mass is 10.1. The van der Waals surface area contributed by atoms with E-state index in [1.807, 2.05) is 13.8 Å².